The van der Waals surface area contributed by atoms with Gasteiger partial charge < -0.3 is 14.7 Å². The molecule has 1 N–H and O–H groups in total. The van der Waals surface area contributed by atoms with E-state index in [0.717, 1.165) is 37.2 Å². The third-order valence-corrected chi connectivity index (χ3v) is 4.34. The van der Waals surface area contributed by atoms with Crippen LogP contribution in [-0.2, 0) is 11.3 Å². The van der Waals surface area contributed by atoms with Crippen molar-refractivity contribution in [1.29, 1.82) is 0 Å². The number of β-amino-alcohol motifs (C(OH)–C–C–N with tert-alkyl or cyclic N) is 1. The topological polar surface area (TPSA) is 45.6 Å². The van der Waals surface area contributed by atoms with E-state index in [-0.39, 0.29) is 0 Å². The van der Waals surface area contributed by atoms with E-state index in [4.69, 9.17) is 4.74 Å². The van der Waals surface area contributed by atoms with E-state index in [1.807, 2.05) is 48.5 Å². The van der Waals surface area contributed by atoms with Gasteiger partial charge in [0.15, 0.2) is 0 Å². The second-order valence-corrected chi connectivity index (χ2v) is 6.06. The van der Waals surface area contributed by atoms with Gasteiger partial charge in [-0.25, -0.2) is 0 Å². The lowest BCUT2D eigenvalue weighted by Crippen LogP contribution is -2.39. The van der Waals surface area contributed by atoms with Crippen molar-refractivity contribution in [2.24, 2.45) is 0 Å². The molecule has 1 saturated heterocycles. The van der Waals surface area contributed by atoms with Crippen LogP contribution in [0.3, 0.4) is 0 Å². The van der Waals surface area contributed by atoms with Gasteiger partial charge in [0.1, 0.15) is 0 Å². The predicted octanol–water partition coefficient (Wildman–Crippen LogP) is 2.80. The minimum absolute atomic E-state index is 0.294. The highest BCUT2D eigenvalue weighted by atomic mass is 16.5. The average Bonchev–Trinajstić information content (AvgIpc) is 2.63. The monoisotopic (exact) mass is 312 g/mol. The van der Waals surface area contributed by atoms with Gasteiger partial charge in [-0.15, -0.1) is 0 Å². The molecule has 0 bridgehead atoms. The number of ether oxygens (including phenoxy) is 1. The molecule has 1 aromatic heterocycles. The molecule has 1 aliphatic heterocycles. The first-order chi connectivity index (χ1) is 11.3. The van der Waals surface area contributed by atoms with Crippen LogP contribution in [0.2, 0.25) is 0 Å². The summed E-state index contributed by atoms with van der Waals surface area (Å²) in [6.07, 6.45) is 3.69. The normalized spacial score (nSPS) is 18.0. The maximum absolute atomic E-state index is 10.3. The van der Waals surface area contributed by atoms with Gasteiger partial charge in [0.25, 0.3) is 0 Å². The molecule has 3 rings (SSSR count). The Labute approximate surface area is 137 Å². The number of likely N-dealkylation sites (tertiary alicyclic amines) is 1. The van der Waals surface area contributed by atoms with E-state index in [1.165, 1.54) is 0 Å². The zero-order chi connectivity index (χ0) is 15.9. The van der Waals surface area contributed by atoms with Crippen molar-refractivity contribution >= 4 is 0 Å². The molecule has 0 radical (unpaired) electrons. The lowest BCUT2D eigenvalue weighted by Gasteiger charge is -2.33. The van der Waals surface area contributed by atoms with Crippen molar-refractivity contribution < 1.29 is 9.84 Å². The van der Waals surface area contributed by atoms with E-state index < -0.39 is 6.10 Å². The first kappa shape index (κ1) is 16.1. The number of hydrogen-bond acceptors (Lipinski definition) is 4. The van der Waals surface area contributed by atoms with Gasteiger partial charge >= 0.3 is 0 Å². The molecule has 0 spiro atoms. The number of rotatable bonds is 6. The SMILES string of the molecule is OC(CN1CCC(OCc2ccccn2)CC1)c1ccccc1. The number of nitrogens with zero attached hydrogens (tertiary/aromatic N) is 2. The fourth-order valence-electron chi connectivity index (χ4n) is 2.97. The lowest BCUT2D eigenvalue weighted by molar-refractivity contribution is -0.0120. The van der Waals surface area contributed by atoms with Gasteiger partial charge in [-0.3, -0.25) is 4.98 Å². The smallest absolute Gasteiger partial charge is 0.0916 e. The van der Waals surface area contributed by atoms with E-state index in [1.54, 1.807) is 6.20 Å². The van der Waals surface area contributed by atoms with Crippen molar-refractivity contribution in [3.05, 3.63) is 66.0 Å². The third kappa shape index (κ3) is 4.86. The molecule has 2 aromatic rings. The highest BCUT2D eigenvalue weighted by molar-refractivity contribution is 5.17. The van der Waals surface area contributed by atoms with Gasteiger partial charge in [0.2, 0.25) is 0 Å². The van der Waals surface area contributed by atoms with Crippen molar-refractivity contribution in [2.75, 3.05) is 19.6 Å². The molecule has 23 heavy (non-hydrogen) atoms. The van der Waals surface area contributed by atoms with Gasteiger partial charge in [-0.1, -0.05) is 36.4 Å². The molecule has 0 aliphatic carbocycles. The highest BCUT2D eigenvalue weighted by Gasteiger charge is 2.22. The van der Waals surface area contributed by atoms with Crippen LogP contribution in [0.15, 0.2) is 54.7 Å². The summed E-state index contributed by atoms with van der Waals surface area (Å²) >= 11 is 0. The van der Waals surface area contributed by atoms with E-state index >= 15 is 0 Å². The van der Waals surface area contributed by atoms with Gasteiger partial charge in [0, 0.05) is 25.8 Å². The number of aliphatic hydroxyl groups excluding tert-OH is 1. The Morgan fingerprint density at radius 1 is 1.09 bits per heavy atom. The lowest BCUT2D eigenvalue weighted by atomic mass is 10.0. The van der Waals surface area contributed by atoms with Crippen LogP contribution in [0.1, 0.15) is 30.2 Å². The highest BCUT2D eigenvalue weighted by Crippen LogP contribution is 2.19. The van der Waals surface area contributed by atoms with E-state index in [9.17, 15) is 5.11 Å². The Bertz CT molecular complexity index is 568. The number of aromatic nitrogens is 1. The molecule has 0 saturated carbocycles. The second kappa shape index (κ2) is 8.20. The maximum Gasteiger partial charge on any atom is 0.0916 e. The molecule has 1 aliphatic rings. The summed E-state index contributed by atoms with van der Waals surface area (Å²) in [5, 5.41) is 10.3. The molecule has 1 unspecified atom stereocenters. The summed E-state index contributed by atoms with van der Waals surface area (Å²) in [6, 6.07) is 15.8. The van der Waals surface area contributed by atoms with Crippen LogP contribution in [0.5, 0.6) is 0 Å². The number of piperidine rings is 1. The number of pyridine rings is 1. The number of hydrogen-bond donors (Lipinski definition) is 1. The molecular weight excluding hydrogens is 288 g/mol. The first-order valence-electron chi connectivity index (χ1n) is 8.28. The number of benzene rings is 1. The van der Waals surface area contributed by atoms with Crippen LogP contribution < -0.4 is 0 Å². The van der Waals surface area contributed by atoms with Crippen LogP contribution in [0.4, 0.5) is 0 Å². The van der Waals surface area contributed by atoms with Gasteiger partial charge in [0.05, 0.1) is 24.5 Å². The Hall–Kier alpha value is -1.75. The molecule has 0 amide bonds. The average molecular weight is 312 g/mol. The summed E-state index contributed by atoms with van der Waals surface area (Å²) in [5.41, 5.74) is 1.97. The maximum atomic E-state index is 10.3. The molecule has 2 heterocycles. The summed E-state index contributed by atoms with van der Waals surface area (Å²) < 4.78 is 5.96. The fourth-order valence-corrected chi connectivity index (χ4v) is 2.97. The second-order valence-electron chi connectivity index (χ2n) is 6.06. The van der Waals surface area contributed by atoms with Crippen LogP contribution >= 0.6 is 0 Å². The first-order valence-corrected chi connectivity index (χ1v) is 8.28. The fraction of sp³-hybridized carbons (Fsp3) is 0.421. The number of aliphatic hydroxyl groups is 1. The largest absolute Gasteiger partial charge is 0.387 e. The molecule has 1 atom stereocenters. The molecule has 122 valence electrons. The molecule has 1 fully saturated rings. The van der Waals surface area contributed by atoms with Gasteiger partial charge in [-0.05, 0) is 30.5 Å². The Morgan fingerprint density at radius 3 is 2.52 bits per heavy atom. The zero-order valence-electron chi connectivity index (χ0n) is 13.3. The molecule has 1 aromatic carbocycles. The molecule has 4 heteroatoms. The third-order valence-electron chi connectivity index (χ3n) is 4.34. The van der Waals surface area contributed by atoms with Crippen molar-refractivity contribution in [3.63, 3.8) is 0 Å². The van der Waals surface area contributed by atoms with Crippen molar-refractivity contribution in [2.45, 2.75) is 31.7 Å². The van der Waals surface area contributed by atoms with E-state index in [0.29, 0.717) is 19.3 Å². The summed E-state index contributed by atoms with van der Waals surface area (Å²) in [7, 11) is 0. The van der Waals surface area contributed by atoms with Crippen LogP contribution in [-0.4, -0.2) is 40.7 Å². The van der Waals surface area contributed by atoms with E-state index in [2.05, 4.69) is 9.88 Å². The Balaban J connectivity index is 1.40. The van der Waals surface area contributed by atoms with Gasteiger partial charge in [-0.2, -0.15) is 0 Å². The van der Waals surface area contributed by atoms with Crippen molar-refractivity contribution in [1.82, 2.24) is 9.88 Å². The minimum atomic E-state index is -0.415. The Morgan fingerprint density at radius 2 is 1.83 bits per heavy atom. The van der Waals surface area contributed by atoms with Crippen LogP contribution in [0.25, 0.3) is 0 Å². The van der Waals surface area contributed by atoms with Crippen LogP contribution in [0, 0.1) is 0 Å². The summed E-state index contributed by atoms with van der Waals surface area (Å²) in [5.74, 6) is 0. The standard InChI is InChI=1S/C19H24N2O2/c22-19(16-6-2-1-3-7-16)14-21-12-9-18(10-13-21)23-15-17-8-4-5-11-20-17/h1-8,11,18-19,22H,9-10,12-15H2. The van der Waals surface area contributed by atoms with Crippen molar-refractivity contribution in [3.8, 4) is 0 Å². The Kier molecular flexibility index (Phi) is 5.75. The summed E-state index contributed by atoms with van der Waals surface area (Å²) in [6.45, 7) is 3.21. The minimum Gasteiger partial charge on any atom is -0.387 e. The predicted molar refractivity (Wildman–Crippen MR) is 89.9 cm³/mol. The quantitative estimate of drug-likeness (QED) is 0.891. The molecular formula is C19H24N2O2. The zero-order valence-corrected chi connectivity index (χ0v) is 13.3. The summed E-state index contributed by atoms with van der Waals surface area (Å²) in [4.78, 5) is 6.60. The molecule has 4 nitrogen and oxygen atoms in total.